The van der Waals surface area contributed by atoms with Gasteiger partial charge in [0, 0.05) is 19.2 Å². The van der Waals surface area contributed by atoms with E-state index in [2.05, 4.69) is 10.8 Å². The highest BCUT2D eigenvalue weighted by Gasteiger charge is 2.35. The summed E-state index contributed by atoms with van der Waals surface area (Å²) >= 11 is 0. The number of aliphatic imine (C=N–C) groups is 1. The van der Waals surface area contributed by atoms with Crippen molar-refractivity contribution in [2.24, 2.45) is 10.9 Å². The molecule has 0 bridgehead atoms. The molecular weight excluding hydrogens is 507 g/mol. The molecule has 0 atom stereocenters. The molecular formula is C31H38F3NO4. The van der Waals surface area contributed by atoms with E-state index in [0.29, 0.717) is 12.8 Å². The average Bonchev–Trinajstić information content (AvgIpc) is 2.79. The molecule has 2 aromatic rings. The molecule has 5 nitrogen and oxygen atoms in total. The summed E-state index contributed by atoms with van der Waals surface area (Å²) in [5.74, 6) is -0.116. The van der Waals surface area contributed by atoms with Crippen LogP contribution in [0.5, 0.6) is 5.75 Å². The summed E-state index contributed by atoms with van der Waals surface area (Å²) in [5, 5.41) is 9.90. The number of carbonyl (C=O) groups is 1. The second-order valence-electron chi connectivity index (χ2n) is 11.0. The van der Waals surface area contributed by atoms with Gasteiger partial charge in [0.1, 0.15) is 11.4 Å². The summed E-state index contributed by atoms with van der Waals surface area (Å²) in [6.45, 7) is 9.47. The number of esters is 1. The first kappa shape index (κ1) is 30.4. The Morgan fingerprint density at radius 1 is 1.15 bits per heavy atom. The lowest BCUT2D eigenvalue weighted by molar-refractivity contribution is -0.274. The number of benzene rings is 2. The van der Waals surface area contributed by atoms with Crippen LogP contribution in [0.1, 0.15) is 76.0 Å². The number of ether oxygens (including phenoxy) is 2. The SMILES string of the molecule is CC/C=C/C=Nc1c(C)c(-c2ccc(OC(F)(F)F)cc2)cc(C2CC(CC(=O)OC(C)(C)C)C2)c1CCO. The van der Waals surface area contributed by atoms with Crippen molar-refractivity contribution in [2.45, 2.75) is 84.6 Å². The van der Waals surface area contributed by atoms with Crippen molar-refractivity contribution in [2.75, 3.05) is 6.61 Å². The topological polar surface area (TPSA) is 68.1 Å². The van der Waals surface area contributed by atoms with Crippen LogP contribution < -0.4 is 4.74 Å². The number of aliphatic hydroxyl groups excluding tert-OH is 1. The van der Waals surface area contributed by atoms with Gasteiger partial charge in [-0.05, 0) is 111 Å². The Hall–Kier alpha value is -3.13. The summed E-state index contributed by atoms with van der Waals surface area (Å²) in [6.07, 6.45) is 4.08. The largest absolute Gasteiger partial charge is 0.573 e. The van der Waals surface area contributed by atoms with Crippen LogP contribution in [0.2, 0.25) is 0 Å². The van der Waals surface area contributed by atoms with Gasteiger partial charge in [0.15, 0.2) is 0 Å². The van der Waals surface area contributed by atoms with Crippen molar-refractivity contribution in [3.05, 3.63) is 59.2 Å². The Morgan fingerprint density at radius 3 is 2.38 bits per heavy atom. The lowest BCUT2D eigenvalue weighted by Gasteiger charge is -2.37. The molecule has 3 rings (SSSR count). The lowest BCUT2D eigenvalue weighted by atomic mass is 9.68. The van der Waals surface area contributed by atoms with Crippen LogP contribution in [0.15, 0.2) is 47.5 Å². The Balaban J connectivity index is 1.98. The van der Waals surface area contributed by atoms with Crippen molar-refractivity contribution in [1.82, 2.24) is 0 Å². The summed E-state index contributed by atoms with van der Waals surface area (Å²) in [4.78, 5) is 17.1. The van der Waals surface area contributed by atoms with Gasteiger partial charge in [-0.25, -0.2) is 0 Å². The number of aliphatic hydroxyl groups is 1. The third-order valence-corrected chi connectivity index (χ3v) is 6.67. The maximum atomic E-state index is 12.7. The molecule has 0 heterocycles. The molecule has 0 spiro atoms. The number of hydrogen-bond donors (Lipinski definition) is 1. The standard InChI is InChI=1S/C31H38F3NO4/c1-6-7-8-14-35-29-20(2)26(22-9-11-24(12-10-22)38-31(32,33)34)19-27(25(29)13-15-36)23-16-21(17-23)18-28(37)39-30(3,4)5/h7-12,14,19,21,23,36H,6,13,15-18H2,1-5H3/b8-7+,35-14?. The van der Waals surface area contributed by atoms with E-state index in [-0.39, 0.29) is 30.2 Å². The van der Waals surface area contributed by atoms with Crippen molar-refractivity contribution in [3.8, 4) is 16.9 Å². The summed E-state index contributed by atoms with van der Waals surface area (Å²) in [5.41, 5.74) is 4.70. The van der Waals surface area contributed by atoms with Crippen LogP contribution >= 0.6 is 0 Å². The molecule has 1 N–H and O–H groups in total. The third kappa shape index (κ3) is 8.68. The predicted octanol–water partition coefficient (Wildman–Crippen LogP) is 7.99. The van der Waals surface area contributed by atoms with E-state index in [9.17, 15) is 23.1 Å². The molecule has 0 unspecified atom stereocenters. The van der Waals surface area contributed by atoms with Crippen LogP contribution in [-0.4, -0.2) is 35.9 Å². The first-order valence-electron chi connectivity index (χ1n) is 13.4. The second-order valence-corrected chi connectivity index (χ2v) is 11.0. The van der Waals surface area contributed by atoms with Gasteiger partial charge in [-0.1, -0.05) is 31.2 Å². The number of rotatable bonds is 10. The highest BCUT2D eigenvalue weighted by atomic mass is 19.4. The molecule has 39 heavy (non-hydrogen) atoms. The van der Waals surface area contributed by atoms with Crippen molar-refractivity contribution >= 4 is 17.9 Å². The molecule has 0 saturated heterocycles. The maximum absolute atomic E-state index is 12.7. The lowest BCUT2D eigenvalue weighted by Crippen LogP contribution is -2.30. The van der Waals surface area contributed by atoms with Crippen LogP contribution in [0, 0.1) is 12.8 Å². The minimum atomic E-state index is -4.76. The zero-order valence-electron chi connectivity index (χ0n) is 23.3. The van der Waals surface area contributed by atoms with E-state index in [1.165, 1.54) is 12.1 Å². The molecule has 212 valence electrons. The average molecular weight is 546 g/mol. The van der Waals surface area contributed by atoms with Crippen molar-refractivity contribution in [1.29, 1.82) is 0 Å². The number of allylic oxidation sites excluding steroid dienone is 2. The fourth-order valence-electron chi connectivity index (χ4n) is 4.98. The smallest absolute Gasteiger partial charge is 0.460 e. The second kappa shape index (κ2) is 12.8. The first-order valence-corrected chi connectivity index (χ1v) is 13.4. The van der Waals surface area contributed by atoms with Gasteiger partial charge in [0.05, 0.1) is 5.69 Å². The Kier molecular flexibility index (Phi) is 9.99. The van der Waals surface area contributed by atoms with Crippen LogP contribution in [0.4, 0.5) is 18.9 Å². The van der Waals surface area contributed by atoms with Gasteiger partial charge in [-0.15, -0.1) is 13.2 Å². The predicted molar refractivity (Wildman–Crippen MR) is 148 cm³/mol. The zero-order valence-corrected chi connectivity index (χ0v) is 23.3. The fraction of sp³-hybridized carbons (Fsp3) is 0.484. The number of carbonyl (C=O) groups excluding carboxylic acids is 1. The molecule has 0 aromatic heterocycles. The fourth-order valence-corrected chi connectivity index (χ4v) is 4.98. The van der Waals surface area contributed by atoms with E-state index in [1.54, 1.807) is 18.3 Å². The van der Waals surface area contributed by atoms with E-state index in [4.69, 9.17) is 9.73 Å². The Labute approximate surface area is 228 Å². The Bertz CT molecular complexity index is 1190. The van der Waals surface area contributed by atoms with Crippen molar-refractivity contribution in [3.63, 3.8) is 0 Å². The monoisotopic (exact) mass is 545 g/mol. The van der Waals surface area contributed by atoms with Crippen LogP contribution in [0.3, 0.4) is 0 Å². The quantitative estimate of drug-likeness (QED) is 0.243. The molecule has 1 saturated carbocycles. The summed E-state index contributed by atoms with van der Waals surface area (Å²) in [6, 6.07) is 7.88. The highest BCUT2D eigenvalue weighted by molar-refractivity contribution is 5.81. The van der Waals surface area contributed by atoms with E-state index >= 15 is 0 Å². The first-order chi connectivity index (χ1) is 18.3. The summed E-state index contributed by atoms with van der Waals surface area (Å²) < 4.78 is 47.5. The number of hydrogen-bond acceptors (Lipinski definition) is 5. The van der Waals surface area contributed by atoms with Gasteiger partial charge in [0.2, 0.25) is 0 Å². The van der Waals surface area contributed by atoms with Gasteiger partial charge < -0.3 is 14.6 Å². The zero-order chi connectivity index (χ0) is 28.8. The molecule has 1 aliphatic rings. The number of halogens is 3. The maximum Gasteiger partial charge on any atom is 0.573 e. The van der Waals surface area contributed by atoms with Gasteiger partial charge >= 0.3 is 12.3 Å². The van der Waals surface area contributed by atoms with Crippen LogP contribution in [-0.2, 0) is 16.0 Å². The molecule has 1 fully saturated rings. The van der Waals surface area contributed by atoms with E-state index in [0.717, 1.165) is 52.8 Å². The van der Waals surface area contributed by atoms with Gasteiger partial charge in [0.25, 0.3) is 0 Å². The molecule has 2 aromatic carbocycles. The molecule has 0 radical (unpaired) electrons. The van der Waals surface area contributed by atoms with Gasteiger partial charge in [-0.3, -0.25) is 9.79 Å². The van der Waals surface area contributed by atoms with E-state index < -0.39 is 12.0 Å². The van der Waals surface area contributed by atoms with E-state index in [1.807, 2.05) is 46.8 Å². The summed E-state index contributed by atoms with van der Waals surface area (Å²) in [7, 11) is 0. The van der Waals surface area contributed by atoms with Gasteiger partial charge in [-0.2, -0.15) is 0 Å². The number of alkyl halides is 3. The minimum Gasteiger partial charge on any atom is -0.460 e. The third-order valence-electron chi connectivity index (χ3n) is 6.67. The highest BCUT2D eigenvalue weighted by Crippen LogP contribution is 2.48. The number of nitrogens with zero attached hydrogens (tertiary/aromatic N) is 1. The normalized spacial score (nSPS) is 18.0. The molecule has 0 aliphatic heterocycles. The van der Waals surface area contributed by atoms with Crippen molar-refractivity contribution < 1.29 is 32.5 Å². The molecule has 0 amide bonds. The molecule has 8 heteroatoms. The minimum absolute atomic E-state index is 0.0450. The Morgan fingerprint density at radius 2 is 1.82 bits per heavy atom. The molecule has 1 aliphatic carbocycles. The van der Waals surface area contributed by atoms with Crippen LogP contribution in [0.25, 0.3) is 11.1 Å².